The van der Waals surface area contributed by atoms with E-state index in [9.17, 15) is 9.90 Å². The molecule has 0 spiro atoms. The molecule has 0 aromatic carbocycles. The lowest BCUT2D eigenvalue weighted by Gasteiger charge is -2.12. The molecular formula is C11H22O2. The van der Waals surface area contributed by atoms with Crippen LogP contribution in [0.3, 0.4) is 0 Å². The number of carbonyl (C=O) groups is 1. The zero-order valence-corrected chi connectivity index (χ0v) is 9.05. The molecule has 2 heteroatoms. The first kappa shape index (κ1) is 12.6. The van der Waals surface area contributed by atoms with Gasteiger partial charge in [0.25, 0.3) is 0 Å². The van der Waals surface area contributed by atoms with E-state index in [1.807, 2.05) is 6.92 Å². The number of hydrogen-bond donors (Lipinski definition) is 1. The van der Waals surface area contributed by atoms with Crippen molar-refractivity contribution in [2.24, 2.45) is 5.92 Å². The van der Waals surface area contributed by atoms with Gasteiger partial charge in [-0.2, -0.15) is 0 Å². The average molecular weight is 186 g/mol. The van der Waals surface area contributed by atoms with Gasteiger partial charge < -0.3 is 5.11 Å². The van der Waals surface area contributed by atoms with E-state index in [4.69, 9.17) is 0 Å². The summed E-state index contributed by atoms with van der Waals surface area (Å²) in [5.74, 6) is 0.437. The van der Waals surface area contributed by atoms with E-state index in [0.29, 0.717) is 18.8 Å². The van der Waals surface area contributed by atoms with Gasteiger partial charge in [0.15, 0.2) is 5.78 Å². The maximum absolute atomic E-state index is 11.4. The van der Waals surface area contributed by atoms with Crippen molar-refractivity contribution in [1.29, 1.82) is 0 Å². The minimum atomic E-state index is -0.718. The summed E-state index contributed by atoms with van der Waals surface area (Å²) in [4.78, 5) is 11.4. The Morgan fingerprint density at radius 1 is 1.23 bits per heavy atom. The van der Waals surface area contributed by atoms with E-state index in [1.165, 1.54) is 0 Å². The number of carbonyl (C=O) groups excluding carboxylic acids is 1. The summed E-state index contributed by atoms with van der Waals surface area (Å²) in [7, 11) is 0. The van der Waals surface area contributed by atoms with Gasteiger partial charge in [-0.1, -0.05) is 40.0 Å². The van der Waals surface area contributed by atoms with Crippen LogP contribution in [0.5, 0.6) is 0 Å². The maximum Gasteiger partial charge on any atom is 0.161 e. The zero-order valence-electron chi connectivity index (χ0n) is 9.05. The number of Topliss-reactive ketones (excluding diaryl/α,β-unsaturated/α-hetero) is 1. The van der Waals surface area contributed by atoms with Crippen LogP contribution in [0, 0.1) is 5.92 Å². The molecule has 0 aliphatic heterocycles. The Hall–Kier alpha value is -0.370. The third kappa shape index (κ3) is 5.81. The monoisotopic (exact) mass is 186 g/mol. The highest BCUT2D eigenvalue weighted by molar-refractivity contribution is 5.82. The predicted molar refractivity (Wildman–Crippen MR) is 54.6 cm³/mol. The molecule has 0 aliphatic carbocycles. The summed E-state index contributed by atoms with van der Waals surface area (Å²) < 4.78 is 0. The first-order valence-corrected chi connectivity index (χ1v) is 5.32. The highest BCUT2D eigenvalue weighted by Crippen LogP contribution is 2.12. The Kier molecular flexibility index (Phi) is 6.87. The second-order valence-corrected chi connectivity index (χ2v) is 3.87. The molecular weight excluding hydrogens is 164 g/mol. The number of aliphatic hydroxyl groups is 1. The van der Waals surface area contributed by atoms with Gasteiger partial charge in [-0.05, 0) is 12.3 Å². The van der Waals surface area contributed by atoms with Crippen molar-refractivity contribution < 1.29 is 9.90 Å². The smallest absolute Gasteiger partial charge is 0.161 e. The van der Waals surface area contributed by atoms with E-state index in [1.54, 1.807) is 0 Å². The van der Waals surface area contributed by atoms with Crippen molar-refractivity contribution in [2.75, 3.05) is 0 Å². The molecule has 0 heterocycles. The Labute approximate surface area is 81.3 Å². The second kappa shape index (κ2) is 7.07. The summed E-state index contributed by atoms with van der Waals surface area (Å²) in [6, 6.07) is 0. The van der Waals surface area contributed by atoms with Crippen LogP contribution < -0.4 is 0 Å². The predicted octanol–water partition coefficient (Wildman–Crippen LogP) is 2.54. The van der Waals surface area contributed by atoms with Gasteiger partial charge in [-0.3, -0.25) is 4.79 Å². The highest BCUT2D eigenvalue weighted by atomic mass is 16.3. The molecule has 0 radical (unpaired) electrons. The van der Waals surface area contributed by atoms with Crippen LogP contribution in [0.1, 0.15) is 52.9 Å². The van der Waals surface area contributed by atoms with Crippen molar-refractivity contribution in [3.05, 3.63) is 0 Å². The molecule has 0 rings (SSSR count). The molecule has 2 nitrogen and oxygen atoms in total. The first-order chi connectivity index (χ1) is 6.11. The van der Waals surface area contributed by atoms with E-state index in [2.05, 4.69) is 13.8 Å². The molecule has 0 saturated carbocycles. The van der Waals surface area contributed by atoms with Crippen LogP contribution >= 0.6 is 0 Å². The molecule has 2 atom stereocenters. The Morgan fingerprint density at radius 2 is 1.77 bits per heavy atom. The van der Waals surface area contributed by atoms with E-state index in [-0.39, 0.29) is 5.78 Å². The summed E-state index contributed by atoms with van der Waals surface area (Å²) in [5, 5.41) is 9.39. The third-order valence-electron chi connectivity index (χ3n) is 2.26. The normalized spacial score (nSPS) is 15.4. The van der Waals surface area contributed by atoms with E-state index < -0.39 is 6.10 Å². The van der Waals surface area contributed by atoms with Crippen molar-refractivity contribution in [3.8, 4) is 0 Å². The number of ketones is 1. The van der Waals surface area contributed by atoms with Crippen molar-refractivity contribution in [1.82, 2.24) is 0 Å². The fraction of sp³-hybridized carbons (Fsp3) is 0.909. The van der Waals surface area contributed by atoms with Gasteiger partial charge in [0, 0.05) is 6.42 Å². The van der Waals surface area contributed by atoms with E-state index in [0.717, 1.165) is 19.3 Å². The lowest BCUT2D eigenvalue weighted by molar-refractivity contribution is -0.128. The molecule has 0 aromatic rings. The number of hydrogen-bond acceptors (Lipinski definition) is 2. The van der Waals surface area contributed by atoms with E-state index >= 15 is 0 Å². The second-order valence-electron chi connectivity index (χ2n) is 3.87. The summed E-state index contributed by atoms with van der Waals surface area (Å²) in [6.07, 6.45) is 3.48. The SMILES string of the molecule is CCCC(C)CC(=O)C(O)CCC. The molecule has 1 N–H and O–H groups in total. The standard InChI is InChI=1S/C11H22O2/c1-4-6-9(3)8-11(13)10(12)7-5-2/h9-10,12H,4-8H2,1-3H3. The molecule has 0 aromatic heterocycles. The Bertz CT molecular complexity index is 143. The number of rotatable bonds is 7. The molecule has 0 bridgehead atoms. The van der Waals surface area contributed by atoms with Crippen LogP contribution in [0.25, 0.3) is 0 Å². The fourth-order valence-corrected chi connectivity index (χ4v) is 1.51. The quantitative estimate of drug-likeness (QED) is 0.663. The van der Waals surface area contributed by atoms with Crippen molar-refractivity contribution in [2.45, 2.75) is 59.0 Å². The molecule has 13 heavy (non-hydrogen) atoms. The van der Waals surface area contributed by atoms with Crippen LogP contribution in [-0.4, -0.2) is 17.0 Å². The Morgan fingerprint density at radius 3 is 2.23 bits per heavy atom. The minimum Gasteiger partial charge on any atom is -0.385 e. The van der Waals surface area contributed by atoms with Crippen LogP contribution in [0.15, 0.2) is 0 Å². The van der Waals surface area contributed by atoms with Gasteiger partial charge in [0.05, 0.1) is 0 Å². The largest absolute Gasteiger partial charge is 0.385 e. The first-order valence-electron chi connectivity index (χ1n) is 5.32. The molecule has 78 valence electrons. The molecule has 2 unspecified atom stereocenters. The average Bonchev–Trinajstić information content (AvgIpc) is 2.05. The lowest BCUT2D eigenvalue weighted by atomic mass is 9.96. The summed E-state index contributed by atoms with van der Waals surface area (Å²) >= 11 is 0. The molecule has 0 aliphatic rings. The molecule has 0 fully saturated rings. The summed E-state index contributed by atoms with van der Waals surface area (Å²) in [5.41, 5.74) is 0. The lowest BCUT2D eigenvalue weighted by Crippen LogP contribution is -2.21. The third-order valence-corrected chi connectivity index (χ3v) is 2.26. The van der Waals surface area contributed by atoms with Gasteiger partial charge in [-0.15, -0.1) is 0 Å². The topological polar surface area (TPSA) is 37.3 Å². The molecule has 0 saturated heterocycles. The number of aliphatic hydroxyl groups excluding tert-OH is 1. The van der Waals surface area contributed by atoms with Gasteiger partial charge >= 0.3 is 0 Å². The summed E-state index contributed by atoms with van der Waals surface area (Å²) in [6.45, 7) is 6.16. The fourth-order valence-electron chi connectivity index (χ4n) is 1.51. The van der Waals surface area contributed by atoms with Crippen LogP contribution in [0.4, 0.5) is 0 Å². The highest BCUT2D eigenvalue weighted by Gasteiger charge is 2.16. The van der Waals surface area contributed by atoms with Gasteiger partial charge in [-0.25, -0.2) is 0 Å². The van der Waals surface area contributed by atoms with Crippen LogP contribution in [0.2, 0.25) is 0 Å². The molecule has 0 amide bonds. The van der Waals surface area contributed by atoms with Crippen molar-refractivity contribution >= 4 is 5.78 Å². The van der Waals surface area contributed by atoms with Gasteiger partial charge in [0.1, 0.15) is 6.10 Å². The van der Waals surface area contributed by atoms with Gasteiger partial charge in [0.2, 0.25) is 0 Å². The zero-order chi connectivity index (χ0) is 10.3. The van der Waals surface area contributed by atoms with Crippen LogP contribution in [-0.2, 0) is 4.79 Å². The van der Waals surface area contributed by atoms with Crippen molar-refractivity contribution in [3.63, 3.8) is 0 Å². The minimum absolute atomic E-state index is 0.0165. The Balaban J connectivity index is 3.71. The maximum atomic E-state index is 11.4.